The summed E-state index contributed by atoms with van der Waals surface area (Å²) in [6, 6.07) is 0. The Morgan fingerprint density at radius 3 is 3.00 bits per heavy atom. The van der Waals surface area contributed by atoms with E-state index < -0.39 is 0 Å². The summed E-state index contributed by atoms with van der Waals surface area (Å²) in [6.45, 7) is 2.98. The number of amides is 1. The number of carbonyl (C=O) groups is 1. The number of hydrogen-bond donors (Lipinski definition) is 3. The Balaban J connectivity index is 1.92. The molecule has 1 aliphatic heterocycles. The number of nitrogens with two attached hydrogens (primary N) is 1. The van der Waals surface area contributed by atoms with Gasteiger partial charge in [-0.05, 0) is 0 Å². The minimum Gasteiger partial charge on any atom is -0.355 e. The molecule has 0 unspecified atom stereocenters. The number of nitrogen functional groups attached to an aromatic ring is 1. The second-order valence-corrected chi connectivity index (χ2v) is 3.91. The van der Waals surface area contributed by atoms with E-state index in [4.69, 9.17) is 5.84 Å². The fourth-order valence-corrected chi connectivity index (χ4v) is 1.71. The van der Waals surface area contributed by atoms with E-state index in [0.717, 1.165) is 18.8 Å². The molecule has 7 nitrogen and oxygen atoms in total. The Morgan fingerprint density at radius 1 is 1.41 bits per heavy atom. The number of nitrogens with one attached hydrogen (secondary N) is 2. The molecular formula is C10H16N6O. The maximum absolute atomic E-state index is 11.2. The number of aromatic nitrogens is 2. The summed E-state index contributed by atoms with van der Waals surface area (Å²) in [5, 5.41) is 2.84. The van der Waals surface area contributed by atoms with E-state index in [9.17, 15) is 4.79 Å². The van der Waals surface area contributed by atoms with Gasteiger partial charge in [0.05, 0.1) is 18.1 Å². The number of hydrogen-bond acceptors (Lipinski definition) is 6. The van der Waals surface area contributed by atoms with Crippen molar-refractivity contribution in [3.05, 3.63) is 18.1 Å². The van der Waals surface area contributed by atoms with Crippen molar-refractivity contribution < 1.29 is 4.79 Å². The highest BCUT2D eigenvalue weighted by atomic mass is 16.1. The first-order chi connectivity index (χ1) is 8.28. The van der Waals surface area contributed by atoms with Crippen LogP contribution in [0.25, 0.3) is 0 Å². The van der Waals surface area contributed by atoms with Crippen LogP contribution in [0.5, 0.6) is 0 Å². The molecule has 1 aromatic rings. The third kappa shape index (κ3) is 3.36. The number of nitrogens with zero attached hydrogens (tertiary/aromatic N) is 3. The van der Waals surface area contributed by atoms with Gasteiger partial charge in [-0.2, -0.15) is 0 Å². The van der Waals surface area contributed by atoms with Crippen LogP contribution in [0.1, 0.15) is 12.1 Å². The van der Waals surface area contributed by atoms with E-state index in [2.05, 4.69) is 25.6 Å². The molecule has 0 aliphatic carbocycles. The predicted octanol–water partition coefficient (Wildman–Crippen LogP) is -0.916. The van der Waals surface area contributed by atoms with Crippen LogP contribution in [0.2, 0.25) is 0 Å². The van der Waals surface area contributed by atoms with Crippen LogP contribution in [0.3, 0.4) is 0 Å². The van der Waals surface area contributed by atoms with Crippen LogP contribution in [0, 0.1) is 0 Å². The summed E-state index contributed by atoms with van der Waals surface area (Å²) in [7, 11) is 0. The average molecular weight is 236 g/mol. The predicted molar refractivity (Wildman–Crippen MR) is 62.7 cm³/mol. The second kappa shape index (κ2) is 5.55. The summed E-state index contributed by atoms with van der Waals surface area (Å²) in [4.78, 5) is 21.7. The maximum atomic E-state index is 11.2. The van der Waals surface area contributed by atoms with Gasteiger partial charge in [-0.1, -0.05) is 0 Å². The summed E-state index contributed by atoms with van der Waals surface area (Å²) >= 11 is 0. The number of hydrazine groups is 1. The normalized spacial score (nSPS) is 17.4. The lowest BCUT2D eigenvalue weighted by Gasteiger charge is -2.17. The Hall–Kier alpha value is -1.73. The molecule has 1 aromatic heterocycles. The molecule has 1 fully saturated rings. The van der Waals surface area contributed by atoms with E-state index in [0.29, 0.717) is 25.3 Å². The molecule has 0 atom stereocenters. The molecule has 2 heterocycles. The summed E-state index contributed by atoms with van der Waals surface area (Å²) in [5.74, 6) is 5.87. The molecule has 0 saturated carbocycles. The molecule has 1 aliphatic rings. The SMILES string of the molecule is NNc1cnc(CN2CCNC(=O)CC2)cn1. The highest BCUT2D eigenvalue weighted by molar-refractivity contribution is 5.76. The Morgan fingerprint density at radius 2 is 2.29 bits per heavy atom. The summed E-state index contributed by atoms with van der Waals surface area (Å²) in [5.41, 5.74) is 3.31. The van der Waals surface area contributed by atoms with E-state index in [-0.39, 0.29) is 5.91 Å². The van der Waals surface area contributed by atoms with Crippen LogP contribution in [-0.2, 0) is 11.3 Å². The standard InChI is InChI=1S/C10H16N6O/c11-15-9-6-13-8(5-14-9)7-16-3-1-10(17)12-2-4-16/h5-6H,1-4,7,11H2,(H,12,17)(H,14,15). The van der Waals surface area contributed by atoms with Crippen molar-refractivity contribution in [3.63, 3.8) is 0 Å². The number of anilines is 1. The van der Waals surface area contributed by atoms with Crippen molar-refractivity contribution in [1.29, 1.82) is 0 Å². The van der Waals surface area contributed by atoms with Gasteiger partial charge >= 0.3 is 0 Å². The summed E-state index contributed by atoms with van der Waals surface area (Å²) in [6.07, 6.45) is 3.82. The van der Waals surface area contributed by atoms with E-state index >= 15 is 0 Å². The Kier molecular flexibility index (Phi) is 3.84. The Labute approximate surface area is 99.4 Å². The minimum atomic E-state index is 0.112. The maximum Gasteiger partial charge on any atom is 0.221 e. The third-order valence-corrected chi connectivity index (χ3v) is 2.64. The molecule has 2 rings (SSSR count). The van der Waals surface area contributed by atoms with Gasteiger partial charge in [0, 0.05) is 32.6 Å². The largest absolute Gasteiger partial charge is 0.355 e. The molecule has 17 heavy (non-hydrogen) atoms. The fourth-order valence-electron chi connectivity index (χ4n) is 1.71. The average Bonchev–Trinajstić information content (AvgIpc) is 2.56. The molecule has 0 spiro atoms. The van der Waals surface area contributed by atoms with Gasteiger partial charge < -0.3 is 10.7 Å². The Bertz CT molecular complexity index is 379. The van der Waals surface area contributed by atoms with E-state index in [1.54, 1.807) is 12.4 Å². The van der Waals surface area contributed by atoms with Gasteiger partial charge in [0.2, 0.25) is 5.91 Å². The van der Waals surface area contributed by atoms with Gasteiger partial charge in [-0.3, -0.25) is 14.7 Å². The number of rotatable bonds is 3. The van der Waals surface area contributed by atoms with E-state index in [1.165, 1.54) is 0 Å². The smallest absolute Gasteiger partial charge is 0.221 e. The quantitative estimate of drug-likeness (QED) is 0.464. The molecule has 4 N–H and O–H groups in total. The van der Waals surface area contributed by atoms with Gasteiger partial charge in [-0.15, -0.1) is 0 Å². The first-order valence-corrected chi connectivity index (χ1v) is 5.54. The fraction of sp³-hybridized carbons (Fsp3) is 0.500. The van der Waals surface area contributed by atoms with Gasteiger partial charge in [0.15, 0.2) is 5.82 Å². The highest BCUT2D eigenvalue weighted by Crippen LogP contribution is 2.05. The van der Waals surface area contributed by atoms with Crippen LogP contribution in [0.15, 0.2) is 12.4 Å². The first kappa shape index (κ1) is 11.7. The zero-order valence-corrected chi connectivity index (χ0v) is 9.52. The molecule has 7 heteroatoms. The lowest BCUT2D eigenvalue weighted by atomic mass is 10.3. The molecule has 92 valence electrons. The molecule has 1 amide bonds. The van der Waals surface area contributed by atoms with Crippen LogP contribution in [-0.4, -0.2) is 40.4 Å². The van der Waals surface area contributed by atoms with Crippen molar-refractivity contribution in [2.75, 3.05) is 25.1 Å². The van der Waals surface area contributed by atoms with Gasteiger partial charge in [0.25, 0.3) is 0 Å². The van der Waals surface area contributed by atoms with Crippen molar-refractivity contribution >= 4 is 11.7 Å². The first-order valence-electron chi connectivity index (χ1n) is 5.54. The van der Waals surface area contributed by atoms with Crippen molar-refractivity contribution in [3.8, 4) is 0 Å². The molecule has 0 radical (unpaired) electrons. The van der Waals surface area contributed by atoms with Crippen molar-refractivity contribution in [2.45, 2.75) is 13.0 Å². The molecule has 1 saturated heterocycles. The topological polar surface area (TPSA) is 96.2 Å². The van der Waals surface area contributed by atoms with Gasteiger partial charge in [0.1, 0.15) is 0 Å². The summed E-state index contributed by atoms with van der Waals surface area (Å²) < 4.78 is 0. The zero-order valence-electron chi connectivity index (χ0n) is 9.52. The van der Waals surface area contributed by atoms with Crippen LogP contribution >= 0.6 is 0 Å². The molecular weight excluding hydrogens is 220 g/mol. The third-order valence-electron chi connectivity index (χ3n) is 2.64. The van der Waals surface area contributed by atoms with Crippen molar-refractivity contribution in [1.82, 2.24) is 20.2 Å². The van der Waals surface area contributed by atoms with Crippen LogP contribution in [0.4, 0.5) is 5.82 Å². The number of carbonyl (C=O) groups excluding carboxylic acids is 1. The molecule has 0 aromatic carbocycles. The lowest BCUT2D eigenvalue weighted by Crippen LogP contribution is -2.28. The van der Waals surface area contributed by atoms with Gasteiger partial charge in [-0.25, -0.2) is 10.8 Å². The lowest BCUT2D eigenvalue weighted by molar-refractivity contribution is -0.120. The van der Waals surface area contributed by atoms with E-state index in [1.807, 2.05) is 0 Å². The highest BCUT2D eigenvalue weighted by Gasteiger charge is 2.13. The minimum absolute atomic E-state index is 0.112. The monoisotopic (exact) mass is 236 g/mol. The van der Waals surface area contributed by atoms with Crippen molar-refractivity contribution in [2.24, 2.45) is 5.84 Å². The molecule has 0 bridgehead atoms. The zero-order chi connectivity index (χ0) is 12.1. The second-order valence-electron chi connectivity index (χ2n) is 3.91. The van der Waals surface area contributed by atoms with Crippen LogP contribution < -0.4 is 16.6 Å².